The number of hydrogen-bond acceptors (Lipinski definition) is 1. The van der Waals surface area contributed by atoms with Crippen molar-refractivity contribution < 1.29 is 4.74 Å². The topological polar surface area (TPSA) is 9.23 Å². The molecule has 0 radical (unpaired) electrons. The second-order valence-electron chi connectivity index (χ2n) is 12.8. The predicted molar refractivity (Wildman–Crippen MR) is 128 cm³/mol. The molecule has 4 aliphatic rings. The van der Waals surface area contributed by atoms with Crippen LogP contribution < -0.4 is 0 Å². The molecular formula is C29H50O. The molecule has 30 heavy (non-hydrogen) atoms. The Bertz CT molecular complexity index is 634. The quantitative estimate of drug-likeness (QED) is 0.397. The summed E-state index contributed by atoms with van der Waals surface area (Å²) in [4.78, 5) is 0. The van der Waals surface area contributed by atoms with Crippen LogP contribution >= 0.6 is 0 Å². The molecule has 3 saturated carbocycles. The van der Waals surface area contributed by atoms with Crippen molar-refractivity contribution in [1.82, 2.24) is 0 Å². The number of fused-ring (bicyclic) bond motifs is 5. The minimum atomic E-state index is 0.378. The van der Waals surface area contributed by atoms with Gasteiger partial charge < -0.3 is 4.74 Å². The summed E-state index contributed by atoms with van der Waals surface area (Å²) in [5.74, 6) is 6.49. The van der Waals surface area contributed by atoms with E-state index in [0.29, 0.717) is 16.9 Å². The van der Waals surface area contributed by atoms with Crippen molar-refractivity contribution in [3.63, 3.8) is 0 Å². The summed E-state index contributed by atoms with van der Waals surface area (Å²) in [6, 6.07) is 0. The lowest BCUT2D eigenvalue weighted by Gasteiger charge is -2.59. The van der Waals surface area contributed by atoms with E-state index in [2.05, 4.69) is 47.6 Å². The van der Waals surface area contributed by atoms with Crippen molar-refractivity contribution in [3.8, 4) is 0 Å². The highest BCUT2D eigenvalue weighted by Crippen LogP contribution is 2.67. The highest BCUT2D eigenvalue weighted by molar-refractivity contribution is 5.25. The molecule has 9 atom stereocenters. The molecule has 1 nitrogen and oxygen atoms in total. The fourth-order valence-corrected chi connectivity index (χ4v) is 8.92. The van der Waals surface area contributed by atoms with Crippen LogP contribution in [0.1, 0.15) is 106 Å². The van der Waals surface area contributed by atoms with Gasteiger partial charge in [0, 0.05) is 7.11 Å². The number of hydrogen-bond donors (Lipinski definition) is 0. The summed E-state index contributed by atoms with van der Waals surface area (Å²) in [7, 11) is 1.89. The lowest BCUT2D eigenvalue weighted by molar-refractivity contribution is -0.0640. The number of methoxy groups -OCH3 is 1. The molecule has 0 N–H and O–H groups in total. The van der Waals surface area contributed by atoms with Crippen molar-refractivity contribution in [3.05, 3.63) is 11.6 Å². The molecule has 0 bridgehead atoms. The van der Waals surface area contributed by atoms with E-state index in [1.807, 2.05) is 7.11 Å². The monoisotopic (exact) mass is 414 g/mol. The van der Waals surface area contributed by atoms with Crippen LogP contribution in [0.3, 0.4) is 0 Å². The van der Waals surface area contributed by atoms with Crippen molar-refractivity contribution in [2.24, 2.45) is 52.3 Å². The lowest BCUT2D eigenvalue weighted by Crippen LogP contribution is -2.51. The van der Waals surface area contributed by atoms with Crippen LogP contribution in [-0.4, -0.2) is 13.2 Å². The summed E-state index contributed by atoms with van der Waals surface area (Å²) < 4.78 is 5.72. The van der Waals surface area contributed by atoms with Gasteiger partial charge in [0.1, 0.15) is 0 Å². The predicted octanol–water partition coefficient (Wildman–Crippen LogP) is 8.29. The molecule has 0 unspecified atom stereocenters. The Hall–Kier alpha value is -0.300. The molecule has 3 fully saturated rings. The molecule has 4 rings (SSSR count). The number of ether oxygens (including phenoxy) is 1. The van der Waals surface area contributed by atoms with Crippen molar-refractivity contribution in [1.29, 1.82) is 0 Å². The van der Waals surface area contributed by atoms with Gasteiger partial charge in [-0.2, -0.15) is 0 Å². The highest BCUT2D eigenvalue weighted by atomic mass is 16.5. The maximum absolute atomic E-state index is 5.72. The zero-order chi connectivity index (χ0) is 21.7. The van der Waals surface area contributed by atoms with Crippen LogP contribution in [0.4, 0.5) is 0 Å². The van der Waals surface area contributed by atoms with Gasteiger partial charge in [-0.1, -0.05) is 66.0 Å². The largest absolute Gasteiger partial charge is 0.377 e. The molecule has 0 heterocycles. The third kappa shape index (κ3) is 3.74. The van der Waals surface area contributed by atoms with Crippen molar-refractivity contribution in [2.45, 2.75) is 112 Å². The molecule has 0 amide bonds. The standard InChI is InChI=1S/C29H50O/c1-19(2)20(3)8-9-21(4)25-12-13-26-24-11-10-22-18-23(30-7)14-16-28(22,5)27(24)15-17-29(25,26)6/h18-21,23-27H,8-17H2,1-7H3/t20-,21+,23-,24+,25-,26+,27+,28-,29-/m0/s1. The van der Waals surface area contributed by atoms with Gasteiger partial charge in [-0.25, -0.2) is 0 Å². The minimum absolute atomic E-state index is 0.378. The first-order valence-electron chi connectivity index (χ1n) is 13.4. The molecular weight excluding hydrogens is 364 g/mol. The third-order valence-corrected chi connectivity index (χ3v) is 11.3. The Morgan fingerprint density at radius 1 is 0.933 bits per heavy atom. The van der Waals surface area contributed by atoms with E-state index in [4.69, 9.17) is 4.74 Å². The molecule has 0 saturated heterocycles. The molecule has 4 aliphatic carbocycles. The van der Waals surface area contributed by atoms with Gasteiger partial charge in [-0.3, -0.25) is 0 Å². The summed E-state index contributed by atoms with van der Waals surface area (Å²) in [6.45, 7) is 15.2. The van der Waals surface area contributed by atoms with Gasteiger partial charge in [-0.05, 0) is 104 Å². The smallest absolute Gasteiger partial charge is 0.0755 e. The summed E-state index contributed by atoms with van der Waals surface area (Å²) in [5, 5.41) is 0. The van der Waals surface area contributed by atoms with Gasteiger partial charge in [0.05, 0.1) is 6.10 Å². The fourth-order valence-electron chi connectivity index (χ4n) is 8.92. The van der Waals surface area contributed by atoms with Crippen LogP contribution in [0.5, 0.6) is 0 Å². The molecule has 0 spiro atoms. The SMILES string of the molecule is CO[C@@H]1C=C2CC[C@@H]3[C@H]4CC[C@@H]([C@H](C)CC[C@H](C)C(C)C)[C@]4(C)CC[C@H]3[C@@]2(C)CC1. The highest BCUT2D eigenvalue weighted by Gasteiger charge is 2.59. The van der Waals surface area contributed by atoms with E-state index in [-0.39, 0.29) is 0 Å². The molecule has 0 aromatic rings. The Balaban J connectivity index is 1.48. The van der Waals surface area contributed by atoms with E-state index in [0.717, 1.165) is 41.4 Å². The van der Waals surface area contributed by atoms with E-state index in [1.54, 1.807) is 5.57 Å². The van der Waals surface area contributed by atoms with Crippen LogP contribution in [0, 0.1) is 52.3 Å². The minimum Gasteiger partial charge on any atom is -0.377 e. The lowest BCUT2D eigenvalue weighted by atomic mass is 9.46. The van der Waals surface area contributed by atoms with E-state index in [9.17, 15) is 0 Å². The normalized spacial score (nSPS) is 45.3. The van der Waals surface area contributed by atoms with Crippen molar-refractivity contribution in [2.75, 3.05) is 7.11 Å². The van der Waals surface area contributed by atoms with Gasteiger partial charge in [0.25, 0.3) is 0 Å². The van der Waals surface area contributed by atoms with E-state index in [1.165, 1.54) is 64.2 Å². The Morgan fingerprint density at radius 2 is 1.70 bits per heavy atom. The van der Waals surface area contributed by atoms with Gasteiger partial charge >= 0.3 is 0 Å². The zero-order valence-corrected chi connectivity index (χ0v) is 21.2. The van der Waals surface area contributed by atoms with E-state index >= 15 is 0 Å². The van der Waals surface area contributed by atoms with Gasteiger partial charge in [-0.15, -0.1) is 0 Å². The molecule has 0 aromatic heterocycles. The van der Waals surface area contributed by atoms with Crippen LogP contribution in [0.25, 0.3) is 0 Å². The molecule has 0 aliphatic heterocycles. The Labute approximate surface area is 187 Å². The second-order valence-corrected chi connectivity index (χ2v) is 12.8. The summed E-state index contributed by atoms with van der Waals surface area (Å²) in [5.41, 5.74) is 2.84. The van der Waals surface area contributed by atoms with Crippen LogP contribution in [0.15, 0.2) is 11.6 Å². The average molecular weight is 415 g/mol. The Kier molecular flexibility index (Phi) is 6.53. The average Bonchev–Trinajstić information content (AvgIpc) is 3.08. The van der Waals surface area contributed by atoms with E-state index < -0.39 is 0 Å². The Morgan fingerprint density at radius 3 is 2.40 bits per heavy atom. The second kappa shape index (κ2) is 8.57. The first-order valence-corrected chi connectivity index (χ1v) is 13.4. The fraction of sp³-hybridized carbons (Fsp3) is 0.931. The first-order chi connectivity index (χ1) is 14.2. The third-order valence-electron chi connectivity index (χ3n) is 11.3. The van der Waals surface area contributed by atoms with Gasteiger partial charge in [0.15, 0.2) is 0 Å². The molecule has 0 aromatic carbocycles. The molecule has 1 heteroatoms. The maximum Gasteiger partial charge on any atom is 0.0755 e. The number of allylic oxidation sites excluding steroid dienone is 1. The first kappa shape index (κ1) is 22.9. The van der Waals surface area contributed by atoms with Crippen LogP contribution in [-0.2, 0) is 4.74 Å². The van der Waals surface area contributed by atoms with Crippen LogP contribution in [0.2, 0.25) is 0 Å². The maximum atomic E-state index is 5.72. The molecule has 172 valence electrons. The zero-order valence-electron chi connectivity index (χ0n) is 21.2. The van der Waals surface area contributed by atoms with Crippen molar-refractivity contribution >= 4 is 0 Å². The van der Waals surface area contributed by atoms with Gasteiger partial charge in [0.2, 0.25) is 0 Å². The summed E-state index contributed by atoms with van der Waals surface area (Å²) >= 11 is 0. The number of rotatable bonds is 6. The summed E-state index contributed by atoms with van der Waals surface area (Å²) in [6.07, 6.45) is 17.2.